The van der Waals surface area contributed by atoms with Crippen molar-refractivity contribution in [3.63, 3.8) is 0 Å². The third-order valence-electron chi connectivity index (χ3n) is 4.76. The van der Waals surface area contributed by atoms with E-state index < -0.39 is 5.97 Å². The summed E-state index contributed by atoms with van der Waals surface area (Å²) in [5.74, 6) is 0.0909. The maximum absolute atomic E-state index is 11.6. The standard InChI is InChI=1S/C20H27N3O3/c1-22(2)12-15-7-9-16(10-8-15)18-6-4-5-11-23(18)13-19-21-17(14-26-19)20(24)25-3/h7-10,14,18H,4-6,11-13H2,1-3H3/t18-/m0/s1. The average Bonchev–Trinajstić information content (AvgIpc) is 3.10. The lowest BCUT2D eigenvalue weighted by Gasteiger charge is -2.35. The van der Waals surface area contributed by atoms with Gasteiger partial charge in [0, 0.05) is 12.6 Å². The molecule has 2 aromatic rings. The van der Waals surface area contributed by atoms with Crippen molar-refractivity contribution in [2.75, 3.05) is 27.7 Å². The molecule has 1 aromatic heterocycles. The fourth-order valence-electron chi connectivity index (χ4n) is 3.52. The summed E-state index contributed by atoms with van der Waals surface area (Å²) in [4.78, 5) is 20.4. The molecular weight excluding hydrogens is 330 g/mol. The van der Waals surface area contributed by atoms with Crippen molar-refractivity contribution in [1.29, 1.82) is 0 Å². The van der Waals surface area contributed by atoms with Gasteiger partial charge in [0.05, 0.1) is 13.7 Å². The van der Waals surface area contributed by atoms with Crippen LogP contribution in [0, 0.1) is 0 Å². The minimum absolute atomic E-state index is 0.226. The first kappa shape index (κ1) is 18.6. The van der Waals surface area contributed by atoms with Crippen LogP contribution in [0.25, 0.3) is 0 Å². The van der Waals surface area contributed by atoms with Crippen LogP contribution in [0.3, 0.4) is 0 Å². The van der Waals surface area contributed by atoms with Crippen LogP contribution < -0.4 is 0 Å². The molecule has 1 atom stereocenters. The second kappa shape index (κ2) is 8.47. The van der Waals surface area contributed by atoms with E-state index in [0.717, 1.165) is 19.5 Å². The topological polar surface area (TPSA) is 58.8 Å². The van der Waals surface area contributed by atoms with Gasteiger partial charge in [-0.15, -0.1) is 0 Å². The Labute approximate surface area is 154 Å². The number of oxazole rings is 1. The van der Waals surface area contributed by atoms with E-state index in [1.807, 2.05) is 0 Å². The first-order valence-electron chi connectivity index (χ1n) is 9.07. The zero-order chi connectivity index (χ0) is 18.5. The quantitative estimate of drug-likeness (QED) is 0.740. The molecule has 0 amide bonds. The van der Waals surface area contributed by atoms with Crippen molar-refractivity contribution >= 4 is 5.97 Å². The molecule has 1 aliphatic rings. The summed E-state index contributed by atoms with van der Waals surface area (Å²) in [7, 11) is 5.50. The number of esters is 1. The molecule has 26 heavy (non-hydrogen) atoms. The number of methoxy groups -OCH3 is 1. The number of hydrogen-bond acceptors (Lipinski definition) is 6. The van der Waals surface area contributed by atoms with Crippen LogP contribution in [-0.2, 0) is 17.8 Å². The number of ether oxygens (including phenoxy) is 1. The molecule has 0 radical (unpaired) electrons. The fraction of sp³-hybridized carbons (Fsp3) is 0.500. The Morgan fingerprint density at radius 2 is 2.08 bits per heavy atom. The van der Waals surface area contributed by atoms with Crippen LogP contribution >= 0.6 is 0 Å². The summed E-state index contributed by atoms with van der Waals surface area (Å²) in [5.41, 5.74) is 2.87. The molecular formula is C20H27N3O3. The number of carbonyl (C=O) groups is 1. The van der Waals surface area contributed by atoms with Gasteiger partial charge >= 0.3 is 5.97 Å². The molecule has 1 fully saturated rings. The summed E-state index contributed by atoms with van der Waals surface area (Å²) in [6, 6.07) is 9.24. The van der Waals surface area contributed by atoms with Crippen LogP contribution in [-0.4, -0.2) is 48.5 Å². The van der Waals surface area contributed by atoms with Gasteiger partial charge in [-0.3, -0.25) is 4.90 Å². The van der Waals surface area contributed by atoms with Gasteiger partial charge in [0.2, 0.25) is 5.89 Å². The summed E-state index contributed by atoms with van der Waals surface area (Å²) >= 11 is 0. The highest BCUT2D eigenvalue weighted by Crippen LogP contribution is 2.32. The van der Waals surface area contributed by atoms with E-state index in [1.165, 1.54) is 37.3 Å². The van der Waals surface area contributed by atoms with Crippen LogP contribution in [0.1, 0.15) is 52.8 Å². The van der Waals surface area contributed by atoms with E-state index in [0.29, 0.717) is 18.5 Å². The lowest BCUT2D eigenvalue weighted by atomic mass is 9.94. The highest BCUT2D eigenvalue weighted by molar-refractivity contribution is 5.86. The molecule has 6 heteroatoms. The van der Waals surface area contributed by atoms with Gasteiger partial charge in [-0.25, -0.2) is 9.78 Å². The lowest BCUT2D eigenvalue weighted by molar-refractivity contribution is 0.0593. The first-order valence-corrected chi connectivity index (χ1v) is 9.07. The molecule has 0 unspecified atom stereocenters. The van der Waals surface area contributed by atoms with E-state index in [4.69, 9.17) is 9.15 Å². The maximum atomic E-state index is 11.6. The Kier molecular flexibility index (Phi) is 6.06. The van der Waals surface area contributed by atoms with E-state index in [1.54, 1.807) is 0 Å². The molecule has 1 aromatic carbocycles. The van der Waals surface area contributed by atoms with E-state index in [2.05, 4.69) is 53.1 Å². The van der Waals surface area contributed by atoms with Crippen molar-refractivity contribution in [3.05, 3.63) is 53.2 Å². The highest BCUT2D eigenvalue weighted by Gasteiger charge is 2.26. The number of rotatable bonds is 6. The van der Waals surface area contributed by atoms with E-state index in [-0.39, 0.29) is 5.69 Å². The van der Waals surface area contributed by atoms with Crippen molar-refractivity contribution in [3.8, 4) is 0 Å². The number of carbonyl (C=O) groups excluding carboxylic acids is 1. The highest BCUT2D eigenvalue weighted by atomic mass is 16.5. The zero-order valence-corrected chi connectivity index (χ0v) is 15.8. The molecule has 0 saturated carbocycles. The predicted molar refractivity (Wildman–Crippen MR) is 98.7 cm³/mol. The number of likely N-dealkylation sites (tertiary alicyclic amines) is 1. The molecule has 6 nitrogen and oxygen atoms in total. The van der Waals surface area contributed by atoms with Crippen molar-refractivity contribution in [2.45, 2.75) is 38.4 Å². The first-order chi connectivity index (χ1) is 12.6. The molecule has 0 spiro atoms. The van der Waals surface area contributed by atoms with E-state index in [9.17, 15) is 4.79 Å². The van der Waals surface area contributed by atoms with Crippen molar-refractivity contribution < 1.29 is 13.9 Å². The molecule has 0 N–H and O–H groups in total. The SMILES string of the molecule is COC(=O)c1coc(CN2CCCC[C@H]2c2ccc(CN(C)C)cc2)n1. The summed E-state index contributed by atoms with van der Waals surface area (Å²) in [6.07, 6.45) is 4.88. The monoisotopic (exact) mass is 357 g/mol. The third-order valence-corrected chi connectivity index (χ3v) is 4.76. The van der Waals surface area contributed by atoms with Gasteiger partial charge < -0.3 is 14.1 Å². The fourth-order valence-corrected chi connectivity index (χ4v) is 3.52. The van der Waals surface area contributed by atoms with Crippen LogP contribution in [0.15, 0.2) is 34.9 Å². The van der Waals surface area contributed by atoms with Crippen molar-refractivity contribution in [2.24, 2.45) is 0 Å². The van der Waals surface area contributed by atoms with Crippen LogP contribution in [0.5, 0.6) is 0 Å². The summed E-state index contributed by atoms with van der Waals surface area (Å²) in [5, 5.41) is 0. The molecule has 140 valence electrons. The minimum atomic E-state index is -0.466. The van der Waals surface area contributed by atoms with Crippen LogP contribution in [0.4, 0.5) is 0 Å². The Bertz CT molecular complexity index is 724. The smallest absolute Gasteiger partial charge is 0.360 e. The summed E-state index contributed by atoms with van der Waals surface area (Å²) in [6.45, 7) is 2.54. The molecule has 2 heterocycles. The van der Waals surface area contributed by atoms with Crippen LogP contribution in [0.2, 0.25) is 0 Å². The molecule has 0 aliphatic carbocycles. The van der Waals surface area contributed by atoms with Gasteiger partial charge in [-0.1, -0.05) is 30.7 Å². The molecule has 3 rings (SSSR count). The Hall–Kier alpha value is -2.18. The Morgan fingerprint density at radius 1 is 1.31 bits per heavy atom. The zero-order valence-electron chi connectivity index (χ0n) is 15.8. The second-order valence-electron chi connectivity index (χ2n) is 7.08. The normalized spacial score (nSPS) is 18.2. The predicted octanol–water partition coefficient (Wildman–Crippen LogP) is 3.25. The van der Waals surface area contributed by atoms with Gasteiger partial charge in [0.25, 0.3) is 0 Å². The minimum Gasteiger partial charge on any atom is -0.464 e. The second-order valence-corrected chi connectivity index (χ2v) is 7.08. The van der Waals surface area contributed by atoms with Gasteiger partial charge in [-0.05, 0) is 44.6 Å². The average molecular weight is 357 g/mol. The van der Waals surface area contributed by atoms with Gasteiger partial charge in [0.1, 0.15) is 6.26 Å². The molecule has 0 bridgehead atoms. The largest absolute Gasteiger partial charge is 0.464 e. The Balaban J connectivity index is 1.71. The van der Waals surface area contributed by atoms with Crippen molar-refractivity contribution in [1.82, 2.24) is 14.8 Å². The van der Waals surface area contributed by atoms with Gasteiger partial charge in [0.15, 0.2) is 5.69 Å². The van der Waals surface area contributed by atoms with E-state index >= 15 is 0 Å². The number of hydrogen-bond donors (Lipinski definition) is 0. The maximum Gasteiger partial charge on any atom is 0.360 e. The number of piperidine rings is 1. The Morgan fingerprint density at radius 3 is 2.77 bits per heavy atom. The number of benzene rings is 1. The van der Waals surface area contributed by atoms with Gasteiger partial charge in [-0.2, -0.15) is 0 Å². The summed E-state index contributed by atoms with van der Waals surface area (Å²) < 4.78 is 10.2. The third kappa shape index (κ3) is 4.51. The molecule has 1 saturated heterocycles. The number of nitrogens with zero attached hydrogens (tertiary/aromatic N) is 3. The number of aromatic nitrogens is 1. The molecule has 1 aliphatic heterocycles. The lowest BCUT2D eigenvalue weighted by Crippen LogP contribution is -2.33.